The summed E-state index contributed by atoms with van der Waals surface area (Å²) in [5, 5.41) is 21.6. The quantitative estimate of drug-likeness (QED) is 0.304. The summed E-state index contributed by atoms with van der Waals surface area (Å²) in [6.07, 6.45) is 3.93. The fourth-order valence-electron chi connectivity index (χ4n) is 3.92. The number of aliphatic hydroxyl groups is 1. The van der Waals surface area contributed by atoms with Crippen molar-refractivity contribution in [2.24, 2.45) is 5.92 Å². The summed E-state index contributed by atoms with van der Waals surface area (Å²) in [6, 6.07) is 3.31. The first-order valence-corrected chi connectivity index (χ1v) is 12.7. The number of hydrogen-bond acceptors (Lipinski definition) is 8. The highest BCUT2D eigenvalue weighted by atomic mass is 32.2. The van der Waals surface area contributed by atoms with Crippen molar-refractivity contribution in [3.8, 4) is 0 Å². The van der Waals surface area contributed by atoms with E-state index in [4.69, 9.17) is 9.57 Å². The van der Waals surface area contributed by atoms with Crippen LogP contribution >= 0.6 is 0 Å². The Morgan fingerprint density at radius 1 is 1.34 bits per heavy atom. The lowest BCUT2D eigenvalue weighted by molar-refractivity contribution is -0.388. The van der Waals surface area contributed by atoms with Gasteiger partial charge >= 0.3 is 6.09 Å². The largest absolute Gasteiger partial charge is 0.444 e. The number of hydrogen-bond donors (Lipinski definition) is 1. The van der Waals surface area contributed by atoms with E-state index in [1.54, 1.807) is 26.8 Å². The Hall–Kier alpha value is -2.80. The van der Waals surface area contributed by atoms with Gasteiger partial charge in [0.25, 0.3) is 15.7 Å². The third kappa shape index (κ3) is 6.07. The summed E-state index contributed by atoms with van der Waals surface area (Å²) in [5.41, 5.74) is -0.720. The van der Waals surface area contributed by atoms with Gasteiger partial charge < -0.3 is 9.84 Å². The minimum Gasteiger partial charge on any atom is -0.444 e. The van der Waals surface area contributed by atoms with Crippen LogP contribution in [0.2, 0.25) is 0 Å². The molecule has 1 aliphatic carbocycles. The number of carbonyl (C=O) groups is 1. The van der Waals surface area contributed by atoms with Gasteiger partial charge in [-0.3, -0.25) is 19.9 Å². The summed E-state index contributed by atoms with van der Waals surface area (Å²) >= 11 is 0. The zero-order chi connectivity index (χ0) is 26.0. The second-order valence-electron chi connectivity index (χ2n) is 9.41. The molecule has 0 bridgehead atoms. The first kappa shape index (κ1) is 26.8. The fourth-order valence-corrected chi connectivity index (χ4v) is 5.50. The maximum atomic E-state index is 13.8. The van der Waals surface area contributed by atoms with Crippen molar-refractivity contribution in [3.63, 3.8) is 0 Å². The second kappa shape index (κ2) is 10.4. The predicted octanol–water partition coefficient (Wildman–Crippen LogP) is 3.02. The minimum atomic E-state index is -4.56. The molecule has 2 atom stereocenters. The number of rotatable bonds is 9. The molecule has 11 nitrogen and oxygen atoms in total. The van der Waals surface area contributed by atoms with Crippen molar-refractivity contribution in [3.05, 3.63) is 58.7 Å². The molecule has 3 rings (SSSR count). The van der Waals surface area contributed by atoms with E-state index in [1.807, 2.05) is 0 Å². The topological polar surface area (TPSA) is 140 Å². The third-order valence-corrected chi connectivity index (χ3v) is 7.29. The fraction of sp³-hybridized carbons (Fsp3) is 0.522. The molecule has 1 amide bonds. The van der Waals surface area contributed by atoms with Crippen molar-refractivity contribution < 1.29 is 32.8 Å². The molecule has 1 aromatic carbocycles. The number of ether oxygens (including phenoxy) is 1. The monoisotopic (exact) mass is 509 g/mol. The third-order valence-electron chi connectivity index (χ3n) is 5.55. The molecule has 0 unspecified atom stereocenters. The van der Waals surface area contributed by atoms with Crippen molar-refractivity contribution in [2.75, 3.05) is 19.8 Å². The zero-order valence-corrected chi connectivity index (χ0v) is 20.8. The van der Waals surface area contributed by atoms with Crippen LogP contribution in [0, 0.1) is 16.0 Å². The number of amides is 1. The standard InChI is InChI=1S/C23H31N3O8S/c1-5-12-33-26(35(31,32)21-9-7-6-8-19(21)25(29)30)20-14-24(22(28)34-23(2,3)4)17(15-27)13-18(20)16-10-11-16/h5-9,13,16-17,20,27H,1,10-12,14-15H2,2-4H3/t17-,20-/m0/s1. The summed E-state index contributed by atoms with van der Waals surface area (Å²) in [4.78, 5) is 30.1. The molecule has 1 aliphatic heterocycles. The molecule has 1 aromatic rings. The molecule has 1 N–H and O–H groups in total. The number of aliphatic hydroxyl groups excluding tert-OH is 1. The van der Waals surface area contributed by atoms with Crippen LogP contribution in [0.25, 0.3) is 0 Å². The zero-order valence-electron chi connectivity index (χ0n) is 20.0. The summed E-state index contributed by atoms with van der Waals surface area (Å²) in [6.45, 7) is 7.92. The lowest BCUT2D eigenvalue weighted by atomic mass is 9.95. The smallest absolute Gasteiger partial charge is 0.410 e. The number of nitro benzene ring substituents is 1. The normalized spacial score (nSPS) is 20.9. The van der Waals surface area contributed by atoms with Gasteiger partial charge in [-0.2, -0.15) is 0 Å². The van der Waals surface area contributed by atoms with Gasteiger partial charge in [-0.25, -0.2) is 13.2 Å². The molecule has 1 fully saturated rings. The molecule has 12 heteroatoms. The molecule has 1 saturated carbocycles. The Bertz CT molecular complexity index is 1110. The highest BCUT2D eigenvalue weighted by Gasteiger charge is 2.47. The lowest BCUT2D eigenvalue weighted by Crippen LogP contribution is -2.56. The van der Waals surface area contributed by atoms with E-state index in [9.17, 15) is 28.4 Å². The van der Waals surface area contributed by atoms with Crippen LogP contribution in [0.5, 0.6) is 0 Å². The minimum absolute atomic E-state index is 0.0469. The number of para-hydroxylation sites is 1. The molecule has 192 valence electrons. The first-order chi connectivity index (χ1) is 16.4. The van der Waals surface area contributed by atoms with E-state index in [1.165, 1.54) is 23.1 Å². The van der Waals surface area contributed by atoms with Gasteiger partial charge in [0.15, 0.2) is 4.90 Å². The lowest BCUT2D eigenvalue weighted by Gasteiger charge is -2.41. The molecule has 0 radical (unpaired) electrons. The van der Waals surface area contributed by atoms with Crippen molar-refractivity contribution in [2.45, 2.75) is 56.2 Å². The number of benzene rings is 1. The summed E-state index contributed by atoms with van der Waals surface area (Å²) in [7, 11) is -4.56. The molecule has 0 aromatic heterocycles. The maximum Gasteiger partial charge on any atom is 0.410 e. The van der Waals surface area contributed by atoms with E-state index < -0.39 is 49.3 Å². The molecule has 0 spiro atoms. The average molecular weight is 510 g/mol. The highest BCUT2D eigenvalue weighted by molar-refractivity contribution is 7.89. The Balaban J connectivity index is 2.10. The van der Waals surface area contributed by atoms with Gasteiger partial charge in [0.05, 0.1) is 30.2 Å². The molecular formula is C23H31N3O8S. The molecule has 35 heavy (non-hydrogen) atoms. The van der Waals surface area contributed by atoms with Crippen LogP contribution in [-0.2, 0) is 19.6 Å². The van der Waals surface area contributed by atoms with Gasteiger partial charge in [0.1, 0.15) is 5.60 Å². The number of nitrogens with zero attached hydrogens (tertiary/aromatic N) is 3. The second-order valence-corrected chi connectivity index (χ2v) is 11.2. The van der Waals surface area contributed by atoms with Gasteiger partial charge in [0.2, 0.25) is 0 Å². The Kier molecular flexibility index (Phi) is 8.00. The van der Waals surface area contributed by atoms with Crippen LogP contribution in [0.1, 0.15) is 33.6 Å². The van der Waals surface area contributed by atoms with Crippen molar-refractivity contribution in [1.82, 2.24) is 9.37 Å². The summed E-state index contributed by atoms with van der Waals surface area (Å²) in [5.74, 6) is 0.0469. The Morgan fingerprint density at radius 3 is 2.54 bits per heavy atom. The van der Waals surface area contributed by atoms with Gasteiger partial charge in [-0.1, -0.05) is 28.8 Å². The molecule has 0 saturated heterocycles. The SMILES string of the molecule is C=CCON([C@H]1CN(C(=O)OC(C)(C)C)[C@H](CO)C=C1C1CC1)S(=O)(=O)c1ccccc1[N+](=O)[O-]. The van der Waals surface area contributed by atoms with Crippen molar-refractivity contribution in [1.29, 1.82) is 0 Å². The number of hydroxylamine groups is 1. The van der Waals surface area contributed by atoms with E-state index in [-0.39, 0.29) is 25.7 Å². The summed E-state index contributed by atoms with van der Waals surface area (Å²) < 4.78 is 33.7. The number of nitro groups is 1. The number of carbonyl (C=O) groups excluding carboxylic acids is 1. The molecular weight excluding hydrogens is 478 g/mol. The van der Waals surface area contributed by atoms with Crippen LogP contribution < -0.4 is 0 Å². The van der Waals surface area contributed by atoms with E-state index in [2.05, 4.69) is 6.58 Å². The molecule has 1 heterocycles. The predicted molar refractivity (Wildman–Crippen MR) is 127 cm³/mol. The first-order valence-electron chi connectivity index (χ1n) is 11.2. The number of sulfonamides is 1. The van der Waals surface area contributed by atoms with E-state index in [0.717, 1.165) is 29.4 Å². The van der Waals surface area contributed by atoms with Crippen molar-refractivity contribution >= 4 is 21.8 Å². The highest BCUT2D eigenvalue weighted by Crippen LogP contribution is 2.43. The Labute approximate surface area is 204 Å². The van der Waals surface area contributed by atoms with Gasteiger partial charge in [-0.15, -0.1) is 6.58 Å². The molecule has 2 aliphatic rings. The van der Waals surface area contributed by atoms with Crippen LogP contribution in [0.15, 0.2) is 53.5 Å². The maximum absolute atomic E-state index is 13.8. The van der Waals surface area contributed by atoms with Crippen LogP contribution in [0.3, 0.4) is 0 Å². The van der Waals surface area contributed by atoms with Crippen LogP contribution in [-0.4, -0.2) is 71.4 Å². The average Bonchev–Trinajstić information content (AvgIpc) is 3.63. The van der Waals surface area contributed by atoms with Gasteiger partial charge in [-0.05, 0) is 51.2 Å². The van der Waals surface area contributed by atoms with E-state index >= 15 is 0 Å². The Morgan fingerprint density at radius 2 is 2.00 bits per heavy atom. The van der Waals surface area contributed by atoms with E-state index in [0.29, 0.717) is 5.57 Å². The van der Waals surface area contributed by atoms with Gasteiger partial charge in [0, 0.05) is 12.6 Å². The van der Waals surface area contributed by atoms with Crippen LogP contribution in [0.4, 0.5) is 10.5 Å².